The van der Waals surface area contributed by atoms with Crippen molar-refractivity contribution in [3.63, 3.8) is 0 Å². The average molecular weight is 350 g/mol. The molecule has 1 heterocycles. The highest BCUT2D eigenvalue weighted by Crippen LogP contribution is 2.22. The number of halogens is 2. The highest BCUT2D eigenvalue weighted by atomic mass is 127. The van der Waals surface area contributed by atoms with Gasteiger partial charge in [-0.15, -0.1) is 32.8 Å². The maximum Gasteiger partial charge on any atom is 0.204 e. The summed E-state index contributed by atoms with van der Waals surface area (Å²) in [4.78, 5) is 0. The Labute approximate surface area is 112 Å². The molecule has 16 heavy (non-hydrogen) atoms. The first-order chi connectivity index (χ1) is 7.31. The van der Waals surface area contributed by atoms with Crippen molar-refractivity contribution in [3.8, 4) is 11.4 Å². The lowest BCUT2D eigenvalue weighted by atomic mass is 10.1. The van der Waals surface area contributed by atoms with E-state index in [1.54, 1.807) is 0 Å². The van der Waals surface area contributed by atoms with Gasteiger partial charge in [-0.25, -0.2) is 0 Å². The standard InChI is InChI=1S/C9H8IN5.ClH/c10-8-2-1-6(4-11)3-7(8)9-14-12-5-13-15-9;/h1-3,5H,4,11H2;1H. The van der Waals surface area contributed by atoms with Gasteiger partial charge in [-0.3, -0.25) is 0 Å². The van der Waals surface area contributed by atoms with Crippen molar-refractivity contribution in [1.82, 2.24) is 20.4 Å². The van der Waals surface area contributed by atoms with E-state index in [9.17, 15) is 0 Å². The summed E-state index contributed by atoms with van der Waals surface area (Å²) in [5, 5.41) is 15.2. The molecule has 1 aromatic carbocycles. The largest absolute Gasteiger partial charge is 0.326 e. The van der Waals surface area contributed by atoms with Gasteiger partial charge in [-0.1, -0.05) is 6.07 Å². The van der Waals surface area contributed by atoms with Crippen molar-refractivity contribution in [1.29, 1.82) is 0 Å². The number of rotatable bonds is 2. The van der Waals surface area contributed by atoms with Crippen LogP contribution in [0.3, 0.4) is 0 Å². The number of benzene rings is 1. The molecule has 0 bridgehead atoms. The predicted molar refractivity (Wildman–Crippen MR) is 70.9 cm³/mol. The third-order valence-electron chi connectivity index (χ3n) is 1.92. The van der Waals surface area contributed by atoms with E-state index in [2.05, 4.69) is 43.0 Å². The summed E-state index contributed by atoms with van der Waals surface area (Å²) < 4.78 is 1.06. The maximum atomic E-state index is 5.57. The molecule has 0 amide bonds. The van der Waals surface area contributed by atoms with Crippen LogP contribution < -0.4 is 5.73 Å². The van der Waals surface area contributed by atoms with Crippen molar-refractivity contribution in [3.05, 3.63) is 33.7 Å². The Morgan fingerprint density at radius 1 is 1.19 bits per heavy atom. The van der Waals surface area contributed by atoms with E-state index in [-0.39, 0.29) is 12.4 Å². The van der Waals surface area contributed by atoms with Crippen LogP contribution in [0.4, 0.5) is 0 Å². The number of hydrogen-bond donors (Lipinski definition) is 1. The highest BCUT2D eigenvalue weighted by molar-refractivity contribution is 14.1. The van der Waals surface area contributed by atoms with E-state index < -0.39 is 0 Å². The molecule has 7 heteroatoms. The van der Waals surface area contributed by atoms with E-state index in [0.29, 0.717) is 12.4 Å². The van der Waals surface area contributed by atoms with Gasteiger partial charge in [0.25, 0.3) is 0 Å². The summed E-state index contributed by atoms with van der Waals surface area (Å²) in [6.07, 6.45) is 1.31. The van der Waals surface area contributed by atoms with E-state index in [1.165, 1.54) is 6.33 Å². The van der Waals surface area contributed by atoms with Crippen molar-refractivity contribution >= 4 is 35.0 Å². The Bertz CT molecular complexity index is 465. The lowest BCUT2D eigenvalue weighted by Crippen LogP contribution is -2.00. The summed E-state index contributed by atoms with van der Waals surface area (Å²) in [6.45, 7) is 0.498. The summed E-state index contributed by atoms with van der Waals surface area (Å²) in [5.74, 6) is 0.525. The van der Waals surface area contributed by atoms with Crippen LogP contribution in [0.2, 0.25) is 0 Å². The molecule has 2 aromatic rings. The van der Waals surface area contributed by atoms with E-state index >= 15 is 0 Å². The molecule has 2 rings (SSSR count). The third-order valence-corrected chi connectivity index (χ3v) is 2.86. The van der Waals surface area contributed by atoms with Crippen LogP contribution in [-0.4, -0.2) is 20.4 Å². The topological polar surface area (TPSA) is 77.6 Å². The second-order valence-electron chi connectivity index (χ2n) is 2.89. The summed E-state index contributed by atoms with van der Waals surface area (Å²) in [5.41, 5.74) is 7.53. The SMILES string of the molecule is Cl.NCc1ccc(I)c(-c2nncnn2)c1. The molecule has 84 valence electrons. The van der Waals surface area contributed by atoms with Gasteiger partial charge in [0.05, 0.1) is 0 Å². The first-order valence-electron chi connectivity index (χ1n) is 4.30. The predicted octanol–water partition coefficient (Wildman–Crippen LogP) is 1.42. The van der Waals surface area contributed by atoms with Crippen LogP contribution in [0.5, 0.6) is 0 Å². The van der Waals surface area contributed by atoms with Gasteiger partial charge in [0.2, 0.25) is 5.82 Å². The Morgan fingerprint density at radius 2 is 1.88 bits per heavy atom. The lowest BCUT2D eigenvalue weighted by molar-refractivity contribution is 0.863. The molecule has 5 nitrogen and oxygen atoms in total. The fourth-order valence-electron chi connectivity index (χ4n) is 1.18. The van der Waals surface area contributed by atoms with Crippen molar-refractivity contribution in [2.24, 2.45) is 5.73 Å². The van der Waals surface area contributed by atoms with Crippen LogP contribution in [0.25, 0.3) is 11.4 Å². The number of nitrogens with two attached hydrogens (primary N) is 1. The first kappa shape index (κ1) is 13.2. The third kappa shape index (κ3) is 2.83. The van der Waals surface area contributed by atoms with Crippen LogP contribution in [0.15, 0.2) is 24.5 Å². The minimum Gasteiger partial charge on any atom is -0.326 e. The van der Waals surface area contributed by atoms with Gasteiger partial charge in [0.15, 0.2) is 6.33 Å². The van der Waals surface area contributed by atoms with Gasteiger partial charge in [-0.2, -0.15) is 0 Å². The molecule has 0 aliphatic heterocycles. The van der Waals surface area contributed by atoms with Crippen molar-refractivity contribution in [2.45, 2.75) is 6.54 Å². The molecular weight excluding hydrogens is 340 g/mol. The van der Waals surface area contributed by atoms with Gasteiger partial charge >= 0.3 is 0 Å². The summed E-state index contributed by atoms with van der Waals surface area (Å²) in [7, 11) is 0. The Hall–Kier alpha value is -0.860. The Kier molecular flexibility index (Phi) is 4.97. The smallest absolute Gasteiger partial charge is 0.204 e. The zero-order chi connectivity index (χ0) is 10.7. The maximum absolute atomic E-state index is 5.57. The fourth-order valence-corrected chi connectivity index (χ4v) is 1.76. The monoisotopic (exact) mass is 349 g/mol. The molecule has 2 N–H and O–H groups in total. The summed E-state index contributed by atoms with van der Waals surface area (Å²) >= 11 is 2.22. The van der Waals surface area contributed by atoms with Gasteiger partial charge in [0.1, 0.15) is 0 Å². The van der Waals surface area contributed by atoms with Crippen molar-refractivity contribution < 1.29 is 0 Å². The molecule has 0 aliphatic rings. The van der Waals surface area contributed by atoms with E-state index in [0.717, 1.165) is 14.7 Å². The average Bonchev–Trinajstić information content (AvgIpc) is 2.31. The molecular formula is C9H9ClIN5. The highest BCUT2D eigenvalue weighted by Gasteiger charge is 2.07. The normalized spacial score (nSPS) is 9.62. The zero-order valence-electron chi connectivity index (χ0n) is 8.17. The Morgan fingerprint density at radius 3 is 2.50 bits per heavy atom. The molecule has 0 spiro atoms. The molecule has 0 saturated carbocycles. The van der Waals surface area contributed by atoms with Crippen LogP contribution >= 0.6 is 35.0 Å². The molecule has 0 radical (unpaired) electrons. The first-order valence-corrected chi connectivity index (χ1v) is 5.38. The molecule has 0 aliphatic carbocycles. The number of hydrogen-bond acceptors (Lipinski definition) is 5. The second kappa shape index (κ2) is 6.02. The zero-order valence-corrected chi connectivity index (χ0v) is 11.1. The van der Waals surface area contributed by atoms with Crippen LogP contribution in [-0.2, 0) is 6.54 Å². The molecule has 0 atom stereocenters. The summed E-state index contributed by atoms with van der Waals surface area (Å²) in [6, 6.07) is 5.92. The van der Waals surface area contributed by atoms with Crippen LogP contribution in [0.1, 0.15) is 5.56 Å². The van der Waals surface area contributed by atoms with E-state index in [1.807, 2.05) is 18.2 Å². The second-order valence-corrected chi connectivity index (χ2v) is 4.05. The van der Waals surface area contributed by atoms with Crippen LogP contribution in [0, 0.1) is 3.57 Å². The number of nitrogens with zero attached hydrogens (tertiary/aromatic N) is 4. The van der Waals surface area contributed by atoms with Gasteiger partial charge in [-0.05, 0) is 40.3 Å². The quantitative estimate of drug-likeness (QED) is 0.830. The Balaban J connectivity index is 0.00000128. The molecule has 0 fully saturated rings. The van der Waals surface area contributed by atoms with Crippen molar-refractivity contribution in [2.75, 3.05) is 0 Å². The minimum atomic E-state index is 0. The molecule has 1 aromatic heterocycles. The lowest BCUT2D eigenvalue weighted by Gasteiger charge is -2.03. The molecule has 0 saturated heterocycles. The minimum absolute atomic E-state index is 0. The number of aromatic nitrogens is 4. The molecule has 0 unspecified atom stereocenters. The fraction of sp³-hybridized carbons (Fsp3) is 0.111. The van der Waals surface area contributed by atoms with E-state index in [4.69, 9.17) is 5.73 Å². The van der Waals surface area contributed by atoms with Gasteiger partial charge < -0.3 is 5.73 Å². The van der Waals surface area contributed by atoms with Gasteiger partial charge in [0, 0.05) is 15.7 Å².